The second-order valence-corrected chi connectivity index (χ2v) is 5.61. The summed E-state index contributed by atoms with van der Waals surface area (Å²) in [7, 11) is 0. The van der Waals surface area contributed by atoms with Gasteiger partial charge in [0.05, 0.1) is 0 Å². The summed E-state index contributed by atoms with van der Waals surface area (Å²) >= 11 is 0. The number of carbonyl (C=O) groups excluding carboxylic acids is 1. The van der Waals surface area contributed by atoms with Gasteiger partial charge in [-0.2, -0.15) is 0 Å². The molecule has 1 aliphatic rings. The van der Waals surface area contributed by atoms with E-state index in [0.717, 1.165) is 48.7 Å². The molecule has 1 heterocycles. The van der Waals surface area contributed by atoms with Crippen molar-refractivity contribution in [2.24, 2.45) is 5.92 Å². The Bertz CT molecular complexity index is 416. The topological polar surface area (TPSA) is 41.1 Å². The van der Waals surface area contributed by atoms with E-state index in [0.29, 0.717) is 0 Å². The van der Waals surface area contributed by atoms with Crippen LogP contribution in [-0.2, 0) is 0 Å². The van der Waals surface area contributed by atoms with Crippen LogP contribution in [0.3, 0.4) is 0 Å². The van der Waals surface area contributed by atoms with Crippen LogP contribution in [0.15, 0.2) is 18.2 Å². The number of amides is 1. The van der Waals surface area contributed by atoms with Crippen molar-refractivity contribution in [2.75, 3.05) is 19.6 Å². The number of benzene rings is 1. The van der Waals surface area contributed by atoms with Crippen LogP contribution in [0.25, 0.3) is 0 Å². The van der Waals surface area contributed by atoms with Gasteiger partial charge in [-0.15, -0.1) is 0 Å². The second kappa shape index (κ2) is 6.71. The first-order chi connectivity index (χ1) is 9.15. The van der Waals surface area contributed by atoms with E-state index in [1.54, 1.807) is 0 Å². The standard InChI is InChI=1S/C16H24N2O/c1-12-9-13(2)11-15(10-12)16(19)18-8-5-14-3-6-17-7-4-14/h9-11,14,17H,3-8H2,1-2H3,(H,18,19). The quantitative estimate of drug-likeness (QED) is 0.873. The molecule has 1 amide bonds. The SMILES string of the molecule is Cc1cc(C)cc(C(=O)NCCC2CCNCC2)c1. The van der Waals surface area contributed by atoms with Crippen molar-refractivity contribution in [3.05, 3.63) is 34.9 Å². The Morgan fingerprint density at radius 1 is 1.21 bits per heavy atom. The zero-order chi connectivity index (χ0) is 13.7. The van der Waals surface area contributed by atoms with Crippen molar-refractivity contribution in [3.63, 3.8) is 0 Å². The normalized spacial score (nSPS) is 16.3. The molecule has 3 heteroatoms. The van der Waals surface area contributed by atoms with Crippen LogP contribution in [0, 0.1) is 19.8 Å². The maximum absolute atomic E-state index is 12.1. The summed E-state index contributed by atoms with van der Waals surface area (Å²) in [4.78, 5) is 12.1. The number of hydrogen-bond acceptors (Lipinski definition) is 2. The maximum atomic E-state index is 12.1. The van der Waals surface area contributed by atoms with Gasteiger partial charge in [0.15, 0.2) is 0 Å². The molecule has 1 aromatic rings. The molecule has 3 nitrogen and oxygen atoms in total. The molecule has 1 aromatic carbocycles. The highest BCUT2D eigenvalue weighted by molar-refractivity contribution is 5.94. The molecular formula is C16H24N2O. The van der Waals surface area contributed by atoms with E-state index in [-0.39, 0.29) is 5.91 Å². The van der Waals surface area contributed by atoms with E-state index >= 15 is 0 Å². The number of carbonyl (C=O) groups is 1. The van der Waals surface area contributed by atoms with E-state index < -0.39 is 0 Å². The van der Waals surface area contributed by atoms with Gasteiger partial charge in [0.1, 0.15) is 0 Å². The lowest BCUT2D eigenvalue weighted by molar-refractivity contribution is 0.0950. The Labute approximate surface area is 115 Å². The van der Waals surface area contributed by atoms with Gasteiger partial charge in [-0.3, -0.25) is 4.79 Å². The van der Waals surface area contributed by atoms with Crippen LogP contribution in [0.4, 0.5) is 0 Å². The molecule has 104 valence electrons. The highest BCUT2D eigenvalue weighted by atomic mass is 16.1. The molecular weight excluding hydrogens is 236 g/mol. The highest BCUT2D eigenvalue weighted by Gasteiger charge is 2.13. The average Bonchev–Trinajstić information content (AvgIpc) is 2.38. The van der Waals surface area contributed by atoms with Gasteiger partial charge in [0.2, 0.25) is 0 Å². The monoisotopic (exact) mass is 260 g/mol. The minimum Gasteiger partial charge on any atom is -0.352 e. The van der Waals surface area contributed by atoms with E-state index in [4.69, 9.17) is 0 Å². The first-order valence-corrected chi connectivity index (χ1v) is 7.22. The first-order valence-electron chi connectivity index (χ1n) is 7.22. The van der Waals surface area contributed by atoms with Crippen LogP contribution < -0.4 is 10.6 Å². The lowest BCUT2D eigenvalue weighted by atomic mass is 9.95. The molecule has 2 rings (SSSR count). The van der Waals surface area contributed by atoms with Crippen molar-refractivity contribution in [2.45, 2.75) is 33.1 Å². The van der Waals surface area contributed by atoms with Crippen LogP contribution in [0.1, 0.15) is 40.7 Å². The Kier molecular flexibility index (Phi) is 4.97. The highest BCUT2D eigenvalue weighted by Crippen LogP contribution is 2.15. The summed E-state index contributed by atoms with van der Waals surface area (Å²) in [6.07, 6.45) is 3.57. The zero-order valence-electron chi connectivity index (χ0n) is 12.0. The molecule has 0 atom stereocenters. The summed E-state index contributed by atoms with van der Waals surface area (Å²) in [5.74, 6) is 0.821. The summed E-state index contributed by atoms with van der Waals surface area (Å²) < 4.78 is 0. The first kappa shape index (κ1) is 14.1. The Balaban J connectivity index is 1.80. The number of rotatable bonds is 4. The van der Waals surface area contributed by atoms with Crippen molar-refractivity contribution in [3.8, 4) is 0 Å². The molecule has 19 heavy (non-hydrogen) atoms. The van der Waals surface area contributed by atoms with Gasteiger partial charge in [0.25, 0.3) is 5.91 Å². The number of aryl methyl sites for hydroxylation is 2. The number of nitrogens with one attached hydrogen (secondary N) is 2. The summed E-state index contributed by atoms with van der Waals surface area (Å²) in [5, 5.41) is 6.41. The fourth-order valence-corrected chi connectivity index (χ4v) is 2.77. The van der Waals surface area contributed by atoms with Crippen molar-refractivity contribution < 1.29 is 4.79 Å². The molecule has 2 N–H and O–H groups in total. The van der Waals surface area contributed by atoms with Gasteiger partial charge in [0, 0.05) is 12.1 Å². The molecule has 0 radical (unpaired) electrons. The van der Waals surface area contributed by atoms with Crippen molar-refractivity contribution in [1.29, 1.82) is 0 Å². The van der Waals surface area contributed by atoms with Gasteiger partial charge in [-0.05, 0) is 64.3 Å². The van der Waals surface area contributed by atoms with Gasteiger partial charge in [-0.25, -0.2) is 0 Å². The van der Waals surface area contributed by atoms with Gasteiger partial charge >= 0.3 is 0 Å². The van der Waals surface area contributed by atoms with E-state index in [1.807, 2.05) is 26.0 Å². The lowest BCUT2D eigenvalue weighted by Crippen LogP contribution is -2.31. The Morgan fingerprint density at radius 3 is 2.47 bits per heavy atom. The van der Waals surface area contributed by atoms with Crippen LogP contribution in [0.2, 0.25) is 0 Å². The lowest BCUT2D eigenvalue weighted by Gasteiger charge is -2.22. The van der Waals surface area contributed by atoms with E-state index in [2.05, 4.69) is 16.7 Å². The Hall–Kier alpha value is -1.35. The maximum Gasteiger partial charge on any atom is 0.251 e. The molecule has 1 fully saturated rings. The number of hydrogen-bond donors (Lipinski definition) is 2. The van der Waals surface area contributed by atoms with Crippen LogP contribution >= 0.6 is 0 Å². The fraction of sp³-hybridized carbons (Fsp3) is 0.562. The number of piperidine rings is 1. The average molecular weight is 260 g/mol. The third-order valence-electron chi connectivity index (χ3n) is 3.78. The molecule has 1 aliphatic heterocycles. The minimum absolute atomic E-state index is 0.0562. The summed E-state index contributed by atoms with van der Waals surface area (Å²) in [5.41, 5.74) is 3.06. The van der Waals surface area contributed by atoms with Gasteiger partial charge in [-0.1, -0.05) is 17.2 Å². The summed E-state index contributed by atoms with van der Waals surface area (Å²) in [6.45, 7) is 7.08. The van der Waals surface area contributed by atoms with Gasteiger partial charge < -0.3 is 10.6 Å². The predicted molar refractivity (Wildman–Crippen MR) is 78.5 cm³/mol. The van der Waals surface area contributed by atoms with E-state index in [9.17, 15) is 4.79 Å². The summed E-state index contributed by atoms with van der Waals surface area (Å²) in [6, 6.07) is 5.99. The Morgan fingerprint density at radius 2 is 1.84 bits per heavy atom. The molecule has 0 unspecified atom stereocenters. The minimum atomic E-state index is 0.0562. The molecule has 0 saturated carbocycles. The molecule has 0 aromatic heterocycles. The molecule has 1 saturated heterocycles. The van der Waals surface area contributed by atoms with Crippen molar-refractivity contribution >= 4 is 5.91 Å². The van der Waals surface area contributed by atoms with E-state index in [1.165, 1.54) is 12.8 Å². The molecule has 0 spiro atoms. The zero-order valence-corrected chi connectivity index (χ0v) is 12.0. The second-order valence-electron chi connectivity index (χ2n) is 5.61. The third-order valence-corrected chi connectivity index (χ3v) is 3.78. The predicted octanol–water partition coefficient (Wildman–Crippen LogP) is 2.42. The van der Waals surface area contributed by atoms with Crippen LogP contribution in [-0.4, -0.2) is 25.5 Å². The van der Waals surface area contributed by atoms with Crippen LogP contribution in [0.5, 0.6) is 0 Å². The largest absolute Gasteiger partial charge is 0.352 e. The molecule has 0 bridgehead atoms. The molecule has 0 aliphatic carbocycles. The van der Waals surface area contributed by atoms with Crippen molar-refractivity contribution in [1.82, 2.24) is 10.6 Å². The fourth-order valence-electron chi connectivity index (χ4n) is 2.77. The third kappa shape index (κ3) is 4.35. The smallest absolute Gasteiger partial charge is 0.251 e.